The molecule has 10 atom stereocenters. The van der Waals surface area contributed by atoms with Gasteiger partial charge in [0.2, 0.25) is 53.2 Å². The van der Waals surface area contributed by atoms with Crippen LogP contribution in [-0.4, -0.2) is 177 Å². The highest BCUT2D eigenvalue weighted by Crippen LogP contribution is 2.27. The molecule has 0 aromatic carbocycles. The van der Waals surface area contributed by atoms with Gasteiger partial charge in [0.15, 0.2) is 0 Å². The summed E-state index contributed by atoms with van der Waals surface area (Å²) in [5, 5.41) is 38.7. The molecule has 0 saturated carbocycles. The minimum Gasteiger partial charge on any atom is -0.480 e. The summed E-state index contributed by atoms with van der Waals surface area (Å²) in [7, 11) is 0. The molecular weight excluding hydrogens is 897 g/mol. The molecule has 4 rings (SSSR count). The highest BCUT2D eigenvalue weighted by molar-refractivity contribution is 5.99. The second-order valence-electron chi connectivity index (χ2n) is 20.4. The van der Waals surface area contributed by atoms with Gasteiger partial charge < -0.3 is 62.1 Å². The summed E-state index contributed by atoms with van der Waals surface area (Å²) in [4.78, 5) is 139. The third-order valence-electron chi connectivity index (χ3n) is 13.4. The zero-order chi connectivity index (χ0) is 51.4. The first kappa shape index (κ1) is 56.2. The number of carbonyl (C=O) groups excluding carboxylic acids is 9. The first-order valence-electron chi connectivity index (χ1n) is 24.8. The van der Waals surface area contributed by atoms with E-state index in [1.54, 1.807) is 46.4 Å². The predicted octanol–water partition coefficient (Wildman–Crippen LogP) is -1.27. The van der Waals surface area contributed by atoms with Crippen molar-refractivity contribution in [3.63, 3.8) is 0 Å². The number of rotatable bonds is 22. The van der Waals surface area contributed by atoms with E-state index >= 15 is 0 Å². The summed E-state index contributed by atoms with van der Waals surface area (Å²) in [5.41, 5.74) is 0. The Morgan fingerprint density at radius 2 is 0.986 bits per heavy atom. The summed E-state index contributed by atoms with van der Waals surface area (Å²) in [5.74, 6) is -8.18. The molecule has 0 radical (unpaired) electrons. The molecule has 0 bridgehead atoms. The number of nitrogens with zero attached hydrogens (tertiary/aromatic N) is 3. The Kier molecular flexibility index (Phi) is 20.7. The topological polar surface area (TPSA) is 305 Å². The normalized spacial score (nSPS) is 23.0. The number of aliphatic hydroxyl groups excluding tert-OH is 1. The van der Waals surface area contributed by atoms with Gasteiger partial charge in [0.05, 0.1) is 12.1 Å². The van der Waals surface area contributed by atoms with Crippen molar-refractivity contribution in [1.82, 2.24) is 51.9 Å². The number of carboxylic acid groups (broad SMARTS) is 1. The Morgan fingerprint density at radius 1 is 0.536 bits per heavy atom. The summed E-state index contributed by atoms with van der Waals surface area (Å²) >= 11 is 0. The van der Waals surface area contributed by atoms with Crippen molar-refractivity contribution in [3.8, 4) is 0 Å². The van der Waals surface area contributed by atoms with Crippen molar-refractivity contribution < 1.29 is 58.2 Å². The molecule has 0 spiro atoms. The lowest BCUT2D eigenvalue weighted by Crippen LogP contribution is -2.63. The number of aliphatic hydroxyl groups is 1. The summed E-state index contributed by atoms with van der Waals surface area (Å²) in [6.07, 6.45) is 3.11. The molecule has 69 heavy (non-hydrogen) atoms. The van der Waals surface area contributed by atoms with Gasteiger partial charge in [0.1, 0.15) is 54.9 Å². The molecule has 9 N–H and O–H groups in total. The van der Waals surface area contributed by atoms with Gasteiger partial charge >= 0.3 is 5.97 Å². The number of hydrogen-bond acceptors (Lipinski definition) is 12. The Balaban J connectivity index is 1.41. The van der Waals surface area contributed by atoms with E-state index in [9.17, 15) is 53.1 Å². The lowest BCUT2D eigenvalue weighted by atomic mass is 9.97. The quantitative estimate of drug-likeness (QED) is 0.0613. The van der Waals surface area contributed by atoms with Gasteiger partial charge in [-0.2, -0.15) is 0 Å². The Morgan fingerprint density at radius 3 is 1.45 bits per heavy atom. The molecule has 22 nitrogen and oxygen atoms in total. The van der Waals surface area contributed by atoms with E-state index in [1.807, 2.05) is 13.8 Å². The molecule has 0 aromatic heterocycles. The molecule has 4 aliphatic heterocycles. The van der Waals surface area contributed by atoms with E-state index in [0.29, 0.717) is 51.6 Å². The predicted molar refractivity (Wildman–Crippen MR) is 251 cm³/mol. The van der Waals surface area contributed by atoms with E-state index < -0.39 is 126 Å². The Hall–Kier alpha value is -5.38. The second kappa shape index (κ2) is 25.5. The largest absolute Gasteiger partial charge is 0.480 e. The van der Waals surface area contributed by atoms with Crippen molar-refractivity contribution in [1.29, 1.82) is 0 Å². The molecule has 22 heteroatoms. The van der Waals surface area contributed by atoms with E-state index in [1.165, 1.54) is 16.7 Å². The Bertz CT molecular complexity index is 1890. The van der Waals surface area contributed by atoms with Crippen molar-refractivity contribution in [2.24, 2.45) is 23.7 Å². The maximum atomic E-state index is 14.0. The summed E-state index contributed by atoms with van der Waals surface area (Å²) < 4.78 is 0. The molecule has 4 fully saturated rings. The van der Waals surface area contributed by atoms with Crippen LogP contribution in [0.25, 0.3) is 0 Å². The average molecular weight is 975 g/mol. The number of amides is 9. The number of carboxylic acids is 1. The standard InChI is InChI=1S/C47H78N10O12/c1-24(2)22-30(46(68)55-19-11-15-31(55)39(61)49-23-34(59)60)50-44(66)38(28(9)58)54-43(65)37(27(7)8)53-42(64)36(26(5)6)52-41(63)35(25(3)4)51-40(62)32-16-12-20-56(32)47(69)33-17-13-21-57(33)45(67)29-14-10-18-48-29/h24-33,35-38,48,58H,10-23H2,1-9H3,(H,49,61)(H,50,66)(H,51,62)(H,52,63)(H,53,64)(H,54,65)(H,59,60)/t28-,29+,30+,31+,32+,33+,35+,36+,37+,38+/m1/s1. The van der Waals surface area contributed by atoms with Crippen LogP contribution in [0.1, 0.15) is 120 Å². The minimum atomic E-state index is -1.60. The van der Waals surface area contributed by atoms with Crippen LogP contribution in [0.5, 0.6) is 0 Å². The van der Waals surface area contributed by atoms with E-state index in [2.05, 4.69) is 37.2 Å². The van der Waals surface area contributed by atoms with Crippen LogP contribution < -0.4 is 37.2 Å². The van der Waals surface area contributed by atoms with Crippen molar-refractivity contribution >= 4 is 59.1 Å². The van der Waals surface area contributed by atoms with Crippen molar-refractivity contribution in [2.75, 3.05) is 32.7 Å². The fourth-order valence-corrected chi connectivity index (χ4v) is 9.60. The highest BCUT2D eigenvalue weighted by Gasteiger charge is 2.45. The van der Waals surface area contributed by atoms with Gasteiger partial charge in [0.25, 0.3) is 0 Å². The molecule has 0 aromatic rings. The minimum absolute atomic E-state index is 0.101. The maximum absolute atomic E-state index is 14.0. The summed E-state index contributed by atoms with van der Waals surface area (Å²) in [6.45, 7) is 16.2. The van der Waals surface area contributed by atoms with Gasteiger partial charge in [0, 0.05) is 19.6 Å². The SMILES string of the molecule is CC(C)C[C@H](NC(=O)[C@@H](NC(=O)[C@@H](NC(=O)[C@@H](NC(=O)[C@@H](NC(=O)[C@@H]1CCCN1C(=O)[C@@H]1CCCN1C(=O)[C@@H]1CCCN1)C(C)C)C(C)C)C(C)C)[C@@H](C)O)C(=O)N1CCC[C@H]1C(=O)NCC(=O)O. The molecule has 0 aliphatic carbocycles. The molecule has 388 valence electrons. The number of nitrogens with one attached hydrogen (secondary N) is 7. The van der Waals surface area contributed by atoms with E-state index in [4.69, 9.17) is 5.11 Å². The highest BCUT2D eigenvalue weighted by atomic mass is 16.4. The summed E-state index contributed by atoms with van der Waals surface area (Å²) in [6, 6.07) is -9.17. The third-order valence-corrected chi connectivity index (χ3v) is 13.4. The number of aliphatic carboxylic acids is 1. The fourth-order valence-electron chi connectivity index (χ4n) is 9.60. The Labute approximate surface area is 405 Å². The molecule has 4 heterocycles. The first-order chi connectivity index (χ1) is 32.4. The van der Waals surface area contributed by atoms with Crippen LogP contribution in [0.2, 0.25) is 0 Å². The van der Waals surface area contributed by atoms with Gasteiger partial charge in [-0.05, 0) is 94.9 Å². The van der Waals surface area contributed by atoms with Crippen LogP contribution in [0, 0.1) is 23.7 Å². The van der Waals surface area contributed by atoms with Crippen molar-refractivity contribution in [2.45, 2.75) is 181 Å². The molecule has 4 saturated heterocycles. The molecule has 9 amide bonds. The molecule has 4 aliphatic rings. The monoisotopic (exact) mass is 975 g/mol. The average Bonchev–Trinajstić information content (AvgIpc) is 4.13. The zero-order valence-corrected chi connectivity index (χ0v) is 41.8. The number of hydrogen-bond donors (Lipinski definition) is 9. The fraction of sp³-hybridized carbons (Fsp3) is 0.787. The van der Waals surface area contributed by atoms with E-state index in [0.717, 1.165) is 13.0 Å². The smallest absolute Gasteiger partial charge is 0.322 e. The van der Waals surface area contributed by atoms with Gasteiger partial charge in [-0.15, -0.1) is 0 Å². The number of carbonyl (C=O) groups is 10. The number of likely N-dealkylation sites (tertiary alicyclic amines) is 3. The van der Waals surface area contributed by atoms with Crippen LogP contribution in [-0.2, 0) is 47.9 Å². The lowest BCUT2D eigenvalue weighted by molar-refractivity contribution is -0.147. The second-order valence-corrected chi connectivity index (χ2v) is 20.4. The maximum Gasteiger partial charge on any atom is 0.322 e. The van der Waals surface area contributed by atoms with Crippen molar-refractivity contribution in [3.05, 3.63) is 0 Å². The first-order valence-corrected chi connectivity index (χ1v) is 24.8. The molecule has 0 unspecified atom stereocenters. The van der Waals surface area contributed by atoms with Gasteiger partial charge in [-0.1, -0.05) is 55.4 Å². The molecular formula is C47H78N10O12. The van der Waals surface area contributed by atoms with Crippen LogP contribution in [0.3, 0.4) is 0 Å². The van der Waals surface area contributed by atoms with Crippen LogP contribution in [0.15, 0.2) is 0 Å². The van der Waals surface area contributed by atoms with Gasteiger partial charge in [-0.3, -0.25) is 47.9 Å². The third kappa shape index (κ3) is 14.8. The zero-order valence-electron chi connectivity index (χ0n) is 41.8. The lowest BCUT2D eigenvalue weighted by Gasteiger charge is -2.33. The van der Waals surface area contributed by atoms with Crippen LogP contribution >= 0.6 is 0 Å². The van der Waals surface area contributed by atoms with Gasteiger partial charge in [-0.25, -0.2) is 0 Å². The van der Waals surface area contributed by atoms with Crippen LogP contribution in [0.4, 0.5) is 0 Å². The van der Waals surface area contributed by atoms with E-state index in [-0.39, 0.29) is 43.2 Å².